The standard InChI is InChI=1S/C26H36N2/c1-5-7-9-11-23-13-17-25(18-14-23)21(3)27-28-22(4)26-19-15-24(16-20-26)12-10-8-6-2/h13-20H,5-12H2,1-4H3. The van der Waals surface area contributed by atoms with Gasteiger partial charge in [-0.25, -0.2) is 0 Å². The maximum atomic E-state index is 4.46. The van der Waals surface area contributed by atoms with E-state index in [2.05, 4.69) is 72.6 Å². The molecular weight excluding hydrogens is 340 g/mol. The summed E-state index contributed by atoms with van der Waals surface area (Å²) in [5.74, 6) is 0. The lowest BCUT2D eigenvalue weighted by Gasteiger charge is -2.05. The molecule has 150 valence electrons. The van der Waals surface area contributed by atoms with Gasteiger partial charge in [-0.3, -0.25) is 0 Å². The lowest BCUT2D eigenvalue weighted by atomic mass is 10.0. The third-order valence-electron chi connectivity index (χ3n) is 5.23. The van der Waals surface area contributed by atoms with Crippen LogP contribution in [0.4, 0.5) is 0 Å². The van der Waals surface area contributed by atoms with Gasteiger partial charge in [0.25, 0.3) is 0 Å². The number of unbranched alkanes of at least 4 members (excludes halogenated alkanes) is 4. The first kappa shape index (κ1) is 22.1. The zero-order valence-electron chi connectivity index (χ0n) is 18.2. The fourth-order valence-electron chi connectivity index (χ4n) is 3.25. The molecule has 0 aliphatic heterocycles. The Morgan fingerprint density at radius 2 is 0.929 bits per heavy atom. The summed E-state index contributed by atoms with van der Waals surface area (Å²) in [7, 11) is 0. The SMILES string of the molecule is CCCCCc1ccc(C(C)=NN=C(C)c2ccc(CCCCC)cc2)cc1. The van der Waals surface area contributed by atoms with Crippen molar-refractivity contribution in [2.24, 2.45) is 10.2 Å². The van der Waals surface area contributed by atoms with Crippen LogP contribution in [0.1, 0.15) is 88.5 Å². The molecule has 0 aliphatic carbocycles. The molecule has 0 aliphatic rings. The Morgan fingerprint density at radius 1 is 0.571 bits per heavy atom. The van der Waals surface area contributed by atoms with Gasteiger partial charge >= 0.3 is 0 Å². The first-order valence-electron chi connectivity index (χ1n) is 10.9. The van der Waals surface area contributed by atoms with E-state index < -0.39 is 0 Å². The average molecular weight is 377 g/mol. The highest BCUT2D eigenvalue weighted by Gasteiger charge is 2.01. The third kappa shape index (κ3) is 7.42. The molecule has 0 fully saturated rings. The number of hydrogen-bond acceptors (Lipinski definition) is 2. The van der Waals surface area contributed by atoms with Gasteiger partial charge in [0.1, 0.15) is 0 Å². The van der Waals surface area contributed by atoms with Crippen molar-refractivity contribution in [1.82, 2.24) is 0 Å². The molecule has 0 unspecified atom stereocenters. The largest absolute Gasteiger partial charge is 0.155 e. The zero-order valence-corrected chi connectivity index (χ0v) is 18.2. The summed E-state index contributed by atoms with van der Waals surface area (Å²) in [6.07, 6.45) is 10.00. The first-order chi connectivity index (χ1) is 13.6. The van der Waals surface area contributed by atoms with Crippen molar-refractivity contribution in [2.75, 3.05) is 0 Å². The van der Waals surface area contributed by atoms with E-state index in [9.17, 15) is 0 Å². The van der Waals surface area contributed by atoms with Crippen molar-refractivity contribution in [3.63, 3.8) is 0 Å². The highest BCUT2D eigenvalue weighted by molar-refractivity contribution is 6.01. The van der Waals surface area contributed by atoms with Crippen LogP contribution in [0.5, 0.6) is 0 Å². The van der Waals surface area contributed by atoms with Gasteiger partial charge in [-0.15, -0.1) is 0 Å². The normalized spacial score (nSPS) is 12.4. The molecule has 2 aromatic rings. The van der Waals surface area contributed by atoms with Crippen LogP contribution in [0, 0.1) is 0 Å². The molecule has 0 radical (unpaired) electrons. The van der Waals surface area contributed by atoms with Crippen LogP contribution in [-0.2, 0) is 12.8 Å². The van der Waals surface area contributed by atoms with Crippen LogP contribution in [0.15, 0.2) is 58.7 Å². The summed E-state index contributed by atoms with van der Waals surface area (Å²) in [5.41, 5.74) is 7.00. The minimum atomic E-state index is 0.954. The van der Waals surface area contributed by atoms with Crippen molar-refractivity contribution < 1.29 is 0 Å². The maximum absolute atomic E-state index is 4.46. The van der Waals surface area contributed by atoms with E-state index in [-0.39, 0.29) is 0 Å². The van der Waals surface area contributed by atoms with Crippen LogP contribution in [-0.4, -0.2) is 11.4 Å². The van der Waals surface area contributed by atoms with Gasteiger partial charge in [0, 0.05) is 0 Å². The summed E-state index contributed by atoms with van der Waals surface area (Å²) in [6.45, 7) is 8.54. The van der Waals surface area contributed by atoms with Crippen LogP contribution in [0.3, 0.4) is 0 Å². The second-order valence-corrected chi connectivity index (χ2v) is 7.68. The monoisotopic (exact) mass is 376 g/mol. The molecule has 0 spiro atoms. The van der Waals surface area contributed by atoms with E-state index in [1.54, 1.807) is 0 Å². The number of aryl methyl sites for hydroxylation is 2. The van der Waals surface area contributed by atoms with E-state index in [1.165, 1.54) is 49.7 Å². The van der Waals surface area contributed by atoms with E-state index in [1.807, 2.05) is 13.8 Å². The molecule has 0 atom stereocenters. The van der Waals surface area contributed by atoms with E-state index in [0.29, 0.717) is 0 Å². The molecule has 0 N–H and O–H groups in total. The molecule has 0 bridgehead atoms. The predicted molar refractivity (Wildman–Crippen MR) is 124 cm³/mol. The minimum absolute atomic E-state index is 0.954. The van der Waals surface area contributed by atoms with Crippen molar-refractivity contribution in [3.05, 3.63) is 70.8 Å². The number of benzene rings is 2. The second-order valence-electron chi connectivity index (χ2n) is 7.68. The van der Waals surface area contributed by atoms with Crippen molar-refractivity contribution in [1.29, 1.82) is 0 Å². The van der Waals surface area contributed by atoms with Gasteiger partial charge in [0.05, 0.1) is 11.4 Å². The highest BCUT2D eigenvalue weighted by atomic mass is 15.2. The highest BCUT2D eigenvalue weighted by Crippen LogP contribution is 2.12. The number of nitrogens with zero attached hydrogens (tertiary/aromatic N) is 2. The zero-order chi connectivity index (χ0) is 20.2. The molecule has 28 heavy (non-hydrogen) atoms. The Hall–Kier alpha value is -2.22. The molecule has 0 heterocycles. The van der Waals surface area contributed by atoms with Gasteiger partial charge in [-0.2, -0.15) is 10.2 Å². The Kier molecular flexibility index (Phi) is 9.68. The number of rotatable bonds is 11. The quantitative estimate of drug-likeness (QED) is 0.222. The van der Waals surface area contributed by atoms with Crippen molar-refractivity contribution >= 4 is 11.4 Å². The Balaban J connectivity index is 1.97. The maximum Gasteiger partial charge on any atom is 0.0671 e. The topological polar surface area (TPSA) is 24.7 Å². The summed E-state index contributed by atoms with van der Waals surface area (Å²) in [5, 5.41) is 8.93. The molecule has 0 amide bonds. The summed E-state index contributed by atoms with van der Waals surface area (Å²) >= 11 is 0. The predicted octanol–water partition coefficient (Wildman–Crippen LogP) is 7.39. The summed E-state index contributed by atoms with van der Waals surface area (Å²) < 4.78 is 0. The molecule has 0 aromatic heterocycles. The lowest BCUT2D eigenvalue weighted by molar-refractivity contribution is 0.717. The van der Waals surface area contributed by atoms with Gasteiger partial charge in [0.15, 0.2) is 0 Å². The Bertz CT molecular complexity index is 685. The third-order valence-corrected chi connectivity index (χ3v) is 5.23. The minimum Gasteiger partial charge on any atom is -0.155 e. The van der Waals surface area contributed by atoms with Crippen LogP contribution < -0.4 is 0 Å². The average Bonchev–Trinajstić information content (AvgIpc) is 2.73. The van der Waals surface area contributed by atoms with Crippen LogP contribution >= 0.6 is 0 Å². The van der Waals surface area contributed by atoms with Crippen molar-refractivity contribution in [2.45, 2.75) is 79.1 Å². The molecule has 0 saturated carbocycles. The molecule has 2 rings (SSSR count). The van der Waals surface area contributed by atoms with E-state index >= 15 is 0 Å². The van der Waals surface area contributed by atoms with Crippen LogP contribution in [0.25, 0.3) is 0 Å². The van der Waals surface area contributed by atoms with E-state index in [4.69, 9.17) is 0 Å². The summed E-state index contributed by atoms with van der Waals surface area (Å²) in [6, 6.07) is 17.5. The Morgan fingerprint density at radius 3 is 1.25 bits per heavy atom. The molecule has 2 aromatic carbocycles. The lowest BCUT2D eigenvalue weighted by Crippen LogP contribution is -1.98. The molecule has 2 heteroatoms. The molecule has 0 saturated heterocycles. The van der Waals surface area contributed by atoms with Gasteiger partial charge < -0.3 is 0 Å². The van der Waals surface area contributed by atoms with Gasteiger partial charge in [0.2, 0.25) is 0 Å². The molecular formula is C26H36N2. The fraction of sp³-hybridized carbons (Fsp3) is 0.462. The fourth-order valence-corrected chi connectivity index (χ4v) is 3.25. The smallest absolute Gasteiger partial charge is 0.0671 e. The van der Waals surface area contributed by atoms with Gasteiger partial charge in [-0.05, 0) is 61.8 Å². The number of hydrogen-bond donors (Lipinski definition) is 0. The van der Waals surface area contributed by atoms with Crippen LogP contribution in [0.2, 0.25) is 0 Å². The van der Waals surface area contributed by atoms with Gasteiger partial charge in [-0.1, -0.05) is 88.1 Å². The first-order valence-corrected chi connectivity index (χ1v) is 10.9. The second kappa shape index (κ2) is 12.3. The van der Waals surface area contributed by atoms with E-state index in [0.717, 1.165) is 35.4 Å². The summed E-state index contributed by atoms with van der Waals surface area (Å²) in [4.78, 5) is 0. The molecule has 2 nitrogen and oxygen atoms in total. The Labute approximate surface area is 171 Å². The van der Waals surface area contributed by atoms with Crippen molar-refractivity contribution in [3.8, 4) is 0 Å².